The molecule has 0 spiro atoms. The van der Waals surface area contributed by atoms with Crippen LogP contribution in [0.3, 0.4) is 0 Å². The van der Waals surface area contributed by atoms with Crippen LogP contribution in [0, 0.1) is 6.92 Å². The summed E-state index contributed by atoms with van der Waals surface area (Å²) in [5.74, 6) is -0.794. The van der Waals surface area contributed by atoms with Crippen LogP contribution in [0.1, 0.15) is 46.9 Å². The van der Waals surface area contributed by atoms with E-state index in [4.69, 9.17) is 0 Å². The molecule has 0 unspecified atom stereocenters. The first-order valence-corrected chi connectivity index (χ1v) is 6.34. The Labute approximate surface area is 112 Å². The molecule has 0 aliphatic rings. The Morgan fingerprint density at radius 3 is 2.63 bits per heavy atom. The summed E-state index contributed by atoms with van der Waals surface area (Å²) < 4.78 is 1.79. The zero-order valence-electron chi connectivity index (χ0n) is 11.4. The van der Waals surface area contributed by atoms with Gasteiger partial charge in [0.15, 0.2) is 0 Å². The standard InChI is InChI=1S/C15H18N2O2/c1-10(2)14-13(15(18)19)8-16-17(14)9-12-7-5-4-6-11(12)3/h4-8,10H,9H2,1-3H3,(H,18,19). The minimum atomic E-state index is -0.917. The van der Waals surface area contributed by atoms with Gasteiger partial charge in [-0.05, 0) is 24.0 Å². The third-order valence-corrected chi connectivity index (χ3v) is 3.24. The fourth-order valence-electron chi connectivity index (χ4n) is 2.24. The van der Waals surface area contributed by atoms with Crippen molar-refractivity contribution in [2.75, 3.05) is 0 Å². The molecule has 0 radical (unpaired) electrons. The topological polar surface area (TPSA) is 55.1 Å². The van der Waals surface area contributed by atoms with Crippen molar-refractivity contribution >= 4 is 5.97 Å². The quantitative estimate of drug-likeness (QED) is 0.917. The third-order valence-electron chi connectivity index (χ3n) is 3.24. The minimum Gasteiger partial charge on any atom is -0.478 e. The van der Waals surface area contributed by atoms with Gasteiger partial charge in [0.25, 0.3) is 0 Å². The van der Waals surface area contributed by atoms with E-state index in [1.165, 1.54) is 11.8 Å². The first-order chi connectivity index (χ1) is 9.00. The van der Waals surface area contributed by atoms with E-state index in [9.17, 15) is 9.90 Å². The van der Waals surface area contributed by atoms with Gasteiger partial charge in [-0.25, -0.2) is 4.79 Å². The van der Waals surface area contributed by atoms with Gasteiger partial charge in [-0.15, -0.1) is 0 Å². The molecule has 100 valence electrons. The van der Waals surface area contributed by atoms with Crippen molar-refractivity contribution < 1.29 is 9.90 Å². The first kappa shape index (κ1) is 13.3. The van der Waals surface area contributed by atoms with E-state index in [1.54, 1.807) is 4.68 Å². The number of aromatic nitrogens is 2. The van der Waals surface area contributed by atoms with E-state index >= 15 is 0 Å². The van der Waals surface area contributed by atoms with Gasteiger partial charge in [-0.1, -0.05) is 38.1 Å². The fourth-order valence-corrected chi connectivity index (χ4v) is 2.24. The predicted octanol–water partition coefficient (Wildman–Crippen LogP) is 3.06. The summed E-state index contributed by atoms with van der Waals surface area (Å²) in [5, 5.41) is 13.4. The van der Waals surface area contributed by atoms with Gasteiger partial charge in [-0.3, -0.25) is 4.68 Å². The van der Waals surface area contributed by atoms with E-state index in [0.29, 0.717) is 12.1 Å². The van der Waals surface area contributed by atoms with Crippen LogP contribution in [0.5, 0.6) is 0 Å². The maximum absolute atomic E-state index is 11.2. The molecule has 0 atom stereocenters. The van der Waals surface area contributed by atoms with E-state index in [2.05, 4.69) is 5.10 Å². The number of nitrogens with zero attached hydrogens (tertiary/aromatic N) is 2. The maximum atomic E-state index is 11.2. The number of carboxylic acids is 1. The lowest BCUT2D eigenvalue weighted by atomic mass is 10.0. The Bertz CT molecular complexity index is 600. The molecular formula is C15H18N2O2. The van der Waals surface area contributed by atoms with Crippen LogP contribution in [-0.4, -0.2) is 20.9 Å². The SMILES string of the molecule is Cc1ccccc1Cn1ncc(C(=O)O)c1C(C)C. The molecule has 0 saturated heterocycles. The van der Waals surface area contributed by atoms with Gasteiger partial charge in [0.1, 0.15) is 5.56 Å². The number of hydrogen-bond donors (Lipinski definition) is 1. The molecule has 4 heteroatoms. The monoisotopic (exact) mass is 258 g/mol. The molecule has 0 fully saturated rings. The van der Waals surface area contributed by atoms with Crippen molar-refractivity contribution in [2.24, 2.45) is 0 Å². The fraction of sp³-hybridized carbons (Fsp3) is 0.333. The number of aryl methyl sites for hydroxylation is 1. The highest BCUT2D eigenvalue weighted by molar-refractivity contribution is 5.88. The normalized spacial score (nSPS) is 10.9. The van der Waals surface area contributed by atoms with Crippen molar-refractivity contribution in [3.63, 3.8) is 0 Å². The van der Waals surface area contributed by atoms with Crippen LogP contribution in [0.4, 0.5) is 0 Å². The highest BCUT2D eigenvalue weighted by atomic mass is 16.4. The second kappa shape index (κ2) is 5.26. The molecule has 2 rings (SSSR count). The molecule has 0 aliphatic heterocycles. The summed E-state index contributed by atoms with van der Waals surface area (Å²) >= 11 is 0. The molecule has 0 bridgehead atoms. The van der Waals surface area contributed by atoms with Crippen LogP contribution < -0.4 is 0 Å². The van der Waals surface area contributed by atoms with E-state index in [0.717, 1.165) is 11.3 Å². The molecule has 1 N–H and O–H groups in total. The van der Waals surface area contributed by atoms with Crippen LogP contribution in [0.2, 0.25) is 0 Å². The maximum Gasteiger partial charge on any atom is 0.339 e. The molecule has 1 aromatic heterocycles. The second-order valence-corrected chi connectivity index (χ2v) is 4.99. The smallest absolute Gasteiger partial charge is 0.339 e. The Hall–Kier alpha value is -2.10. The molecule has 2 aromatic rings. The number of carboxylic acid groups (broad SMARTS) is 1. The van der Waals surface area contributed by atoms with Crippen molar-refractivity contribution in [2.45, 2.75) is 33.2 Å². The predicted molar refractivity (Wildman–Crippen MR) is 73.6 cm³/mol. The average molecular weight is 258 g/mol. The number of carbonyl (C=O) groups is 1. The Balaban J connectivity index is 2.41. The summed E-state index contributed by atoms with van der Waals surface area (Å²) in [5.41, 5.74) is 3.41. The highest BCUT2D eigenvalue weighted by Gasteiger charge is 2.19. The van der Waals surface area contributed by atoms with Crippen LogP contribution in [0.25, 0.3) is 0 Å². The number of aromatic carboxylic acids is 1. The molecule has 4 nitrogen and oxygen atoms in total. The van der Waals surface area contributed by atoms with E-state index < -0.39 is 5.97 Å². The molecule has 1 heterocycles. The molecule has 0 saturated carbocycles. The van der Waals surface area contributed by atoms with Gasteiger partial charge < -0.3 is 5.11 Å². The Morgan fingerprint density at radius 2 is 2.05 bits per heavy atom. The summed E-state index contributed by atoms with van der Waals surface area (Å²) in [7, 11) is 0. The lowest BCUT2D eigenvalue weighted by molar-refractivity contribution is 0.0695. The summed E-state index contributed by atoms with van der Waals surface area (Å²) in [6.45, 7) is 6.62. The molecule has 1 aromatic carbocycles. The summed E-state index contributed by atoms with van der Waals surface area (Å²) in [6.07, 6.45) is 1.44. The lowest BCUT2D eigenvalue weighted by Gasteiger charge is -2.13. The first-order valence-electron chi connectivity index (χ1n) is 6.34. The molecular weight excluding hydrogens is 240 g/mol. The molecule has 0 amide bonds. The Kier molecular flexibility index (Phi) is 3.69. The summed E-state index contributed by atoms with van der Waals surface area (Å²) in [6, 6.07) is 8.07. The third kappa shape index (κ3) is 2.67. The Morgan fingerprint density at radius 1 is 1.37 bits per heavy atom. The number of hydrogen-bond acceptors (Lipinski definition) is 2. The molecule has 0 aliphatic carbocycles. The van der Waals surface area contributed by atoms with Gasteiger partial charge >= 0.3 is 5.97 Å². The average Bonchev–Trinajstić information content (AvgIpc) is 2.76. The van der Waals surface area contributed by atoms with Gasteiger partial charge in [-0.2, -0.15) is 5.10 Å². The van der Waals surface area contributed by atoms with Crippen molar-refractivity contribution in [3.8, 4) is 0 Å². The van der Waals surface area contributed by atoms with Crippen molar-refractivity contribution in [1.29, 1.82) is 0 Å². The van der Waals surface area contributed by atoms with Crippen LogP contribution in [0.15, 0.2) is 30.5 Å². The van der Waals surface area contributed by atoms with Gasteiger partial charge in [0.2, 0.25) is 0 Å². The molecule has 19 heavy (non-hydrogen) atoms. The highest BCUT2D eigenvalue weighted by Crippen LogP contribution is 2.21. The zero-order valence-corrected chi connectivity index (χ0v) is 11.4. The van der Waals surface area contributed by atoms with Crippen LogP contribution in [-0.2, 0) is 6.54 Å². The second-order valence-electron chi connectivity index (χ2n) is 4.99. The lowest BCUT2D eigenvalue weighted by Crippen LogP contribution is -2.11. The van der Waals surface area contributed by atoms with E-state index in [-0.39, 0.29) is 5.92 Å². The van der Waals surface area contributed by atoms with E-state index in [1.807, 2.05) is 45.0 Å². The van der Waals surface area contributed by atoms with Crippen LogP contribution >= 0.6 is 0 Å². The number of benzene rings is 1. The van der Waals surface area contributed by atoms with Gasteiger partial charge in [0, 0.05) is 0 Å². The largest absolute Gasteiger partial charge is 0.478 e. The zero-order chi connectivity index (χ0) is 14.0. The minimum absolute atomic E-state index is 0.123. The number of rotatable bonds is 4. The van der Waals surface area contributed by atoms with Gasteiger partial charge in [0.05, 0.1) is 18.4 Å². The van der Waals surface area contributed by atoms with Crippen molar-refractivity contribution in [1.82, 2.24) is 9.78 Å². The summed E-state index contributed by atoms with van der Waals surface area (Å²) in [4.78, 5) is 11.2. The van der Waals surface area contributed by atoms with Crippen molar-refractivity contribution in [3.05, 3.63) is 52.8 Å².